The van der Waals surface area contributed by atoms with Crippen molar-refractivity contribution in [1.29, 1.82) is 0 Å². The molecule has 0 aliphatic heterocycles. The van der Waals surface area contributed by atoms with Crippen molar-refractivity contribution in [3.05, 3.63) is 29.6 Å². The molecule has 0 aliphatic carbocycles. The molecule has 0 saturated carbocycles. The van der Waals surface area contributed by atoms with Crippen LogP contribution in [0, 0.1) is 0 Å². The molecule has 72 valence electrons. The van der Waals surface area contributed by atoms with Crippen LogP contribution in [0.2, 0.25) is 0 Å². The standard InChI is InChI=1S/C11H18N2/c1-4-12-8-11-7-10(9(2)3)5-6-13-11/h5-7,9,12H,4,8H2,1-3H3. The van der Waals surface area contributed by atoms with Gasteiger partial charge in [-0.2, -0.15) is 0 Å². The van der Waals surface area contributed by atoms with Crippen molar-refractivity contribution in [2.24, 2.45) is 0 Å². The molecule has 0 saturated heterocycles. The van der Waals surface area contributed by atoms with Gasteiger partial charge in [-0.3, -0.25) is 4.98 Å². The molecule has 1 aromatic rings. The summed E-state index contributed by atoms with van der Waals surface area (Å²) < 4.78 is 0. The third-order valence-corrected chi connectivity index (χ3v) is 2.06. The predicted molar refractivity (Wildman–Crippen MR) is 55.7 cm³/mol. The molecule has 0 aliphatic rings. The van der Waals surface area contributed by atoms with E-state index in [0.717, 1.165) is 18.8 Å². The van der Waals surface area contributed by atoms with E-state index in [-0.39, 0.29) is 0 Å². The highest BCUT2D eigenvalue weighted by molar-refractivity contribution is 5.19. The highest BCUT2D eigenvalue weighted by Crippen LogP contribution is 2.13. The summed E-state index contributed by atoms with van der Waals surface area (Å²) in [5.41, 5.74) is 2.50. The first kappa shape index (κ1) is 10.2. The number of hydrogen-bond donors (Lipinski definition) is 1. The highest BCUT2D eigenvalue weighted by Gasteiger charge is 2.00. The fourth-order valence-electron chi connectivity index (χ4n) is 1.21. The maximum atomic E-state index is 4.30. The average molecular weight is 178 g/mol. The molecule has 0 atom stereocenters. The summed E-state index contributed by atoms with van der Waals surface area (Å²) in [6, 6.07) is 4.26. The molecule has 1 N–H and O–H groups in total. The smallest absolute Gasteiger partial charge is 0.0544 e. The summed E-state index contributed by atoms with van der Waals surface area (Å²) in [5, 5.41) is 3.27. The van der Waals surface area contributed by atoms with Gasteiger partial charge in [-0.1, -0.05) is 20.8 Å². The minimum Gasteiger partial charge on any atom is -0.311 e. The van der Waals surface area contributed by atoms with Gasteiger partial charge < -0.3 is 5.32 Å². The Labute approximate surface area is 80.4 Å². The van der Waals surface area contributed by atoms with Crippen LogP contribution in [0.1, 0.15) is 37.9 Å². The van der Waals surface area contributed by atoms with Gasteiger partial charge in [0, 0.05) is 12.7 Å². The number of nitrogens with zero attached hydrogens (tertiary/aromatic N) is 1. The lowest BCUT2D eigenvalue weighted by molar-refractivity contribution is 0.707. The Hall–Kier alpha value is -0.890. The van der Waals surface area contributed by atoms with Crippen LogP contribution in [0.15, 0.2) is 18.3 Å². The van der Waals surface area contributed by atoms with E-state index >= 15 is 0 Å². The molecule has 0 aromatic carbocycles. The SMILES string of the molecule is CCNCc1cc(C(C)C)ccn1. The van der Waals surface area contributed by atoms with Crippen LogP contribution in [0.4, 0.5) is 0 Å². The van der Waals surface area contributed by atoms with Gasteiger partial charge >= 0.3 is 0 Å². The van der Waals surface area contributed by atoms with Crippen LogP contribution < -0.4 is 5.32 Å². The molecule has 1 rings (SSSR count). The Balaban J connectivity index is 2.68. The molecule has 13 heavy (non-hydrogen) atoms. The number of aromatic nitrogens is 1. The van der Waals surface area contributed by atoms with Crippen molar-refractivity contribution in [2.45, 2.75) is 33.2 Å². The summed E-state index contributed by atoms with van der Waals surface area (Å²) in [5.74, 6) is 0.586. The van der Waals surface area contributed by atoms with Gasteiger partial charge in [0.2, 0.25) is 0 Å². The number of rotatable bonds is 4. The largest absolute Gasteiger partial charge is 0.311 e. The summed E-state index contributed by atoms with van der Waals surface area (Å²) in [7, 11) is 0. The van der Waals surface area contributed by atoms with E-state index in [4.69, 9.17) is 0 Å². The van der Waals surface area contributed by atoms with Crippen LogP contribution in [0.5, 0.6) is 0 Å². The second kappa shape index (κ2) is 4.97. The molecular formula is C11H18N2. The average Bonchev–Trinajstić information content (AvgIpc) is 2.15. The molecular weight excluding hydrogens is 160 g/mol. The maximum absolute atomic E-state index is 4.30. The Kier molecular flexibility index (Phi) is 3.90. The third kappa shape index (κ3) is 3.15. The number of nitrogens with one attached hydrogen (secondary N) is 1. The van der Waals surface area contributed by atoms with Gasteiger partial charge in [-0.15, -0.1) is 0 Å². The maximum Gasteiger partial charge on any atom is 0.0544 e. The van der Waals surface area contributed by atoms with Gasteiger partial charge in [0.05, 0.1) is 5.69 Å². The zero-order chi connectivity index (χ0) is 9.68. The molecule has 0 fully saturated rings. The summed E-state index contributed by atoms with van der Waals surface area (Å²) in [4.78, 5) is 4.30. The molecule has 0 unspecified atom stereocenters. The van der Waals surface area contributed by atoms with Gasteiger partial charge in [0.1, 0.15) is 0 Å². The van der Waals surface area contributed by atoms with E-state index in [1.165, 1.54) is 5.56 Å². The van der Waals surface area contributed by atoms with Gasteiger partial charge in [-0.05, 0) is 30.2 Å². The van der Waals surface area contributed by atoms with Crippen LogP contribution in [0.3, 0.4) is 0 Å². The van der Waals surface area contributed by atoms with Gasteiger partial charge in [0.25, 0.3) is 0 Å². The molecule has 1 aromatic heterocycles. The zero-order valence-electron chi connectivity index (χ0n) is 8.67. The van der Waals surface area contributed by atoms with E-state index in [9.17, 15) is 0 Å². The van der Waals surface area contributed by atoms with Crippen LogP contribution in [-0.2, 0) is 6.54 Å². The monoisotopic (exact) mass is 178 g/mol. The lowest BCUT2D eigenvalue weighted by atomic mass is 10.0. The minimum atomic E-state index is 0.586. The van der Waals surface area contributed by atoms with Crippen molar-refractivity contribution in [3.8, 4) is 0 Å². The topological polar surface area (TPSA) is 24.9 Å². The fraction of sp³-hybridized carbons (Fsp3) is 0.545. The molecule has 2 nitrogen and oxygen atoms in total. The predicted octanol–water partition coefficient (Wildman–Crippen LogP) is 2.31. The van der Waals surface area contributed by atoms with E-state index in [2.05, 4.69) is 43.2 Å². The first-order chi connectivity index (χ1) is 6.24. The third-order valence-electron chi connectivity index (χ3n) is 2.06. The summed E-state index contributed by atoms with van der Waals surface area (Å²) in [6.07, 6.45) is 1.89. The number of pyridine rings is 1. The quantitative estimate of drug-likeness (QED) is 0.765. The lowest BCUT2D eigenvalue weighted by Gasteiger charge is -2.07. The summed E-state index contributed by atoms with van der Waals surface area (Å²) in [6.45, 7) is 8.37. The van der Waals surface area contributed by atoms with Crippen molar-refractivity contribution in [1.82, 2.24) is 10.3 Å². The molecule has 2 heteroatoms. The van der Waals surface area contributed by atoms with Crippen molar-refractivity contribution >= 4 is 0 Å². The molecule has 0 amide bonds. The first-order valence-electron chi connectivity index (χ1n) is 4.89. The Morgan fingerprint density at radius 1 is 1.46 bits per heavy atom. The van der Waals surface area contributed by atoms with Gasteiger partial charge in [0.15, 0.2) is 0 Å². The molecule has 1 heterocycles. The minimum absolute atomic E-state index is 0.586. The van der Waals surface area contributed by atoms with E-state index < -0.39 is 0 Å². The molecule has 0 bridgehead atoms. The number of hydrogen-bond acceptors (Lipinski definition) is 2. The lowest BCUT2D eigenvalue weighted by Crippen LogP contribution is -2.13. The fourth-order valence-corrected chi connectivity index (χ4v) is 1.21. The Morgan fingerprint density at radius 2 is 2.23 bits per heavy atom. The van der Waals surface area contributed by atoms with Crippen molar-refractivity contribution in [2.75, 3.05) is 6.54 Å². The zero-order valence-corrected chi connectivity index (χ0v) is 8.67. The highest BCUT2D eigenvalue weighted by atomic mass is 14.9. The Morgan fingerprint density at radius 3 is 2.85 bits per heavy atom. The first-order valence-corrected chi connectivity index (χ1v) is 4.89. The van der Waals surface area contributed by atoms with Crippen LogP contribution in [-0.4, -0.2) is 11.5 Å². The second-order valence-corrected chi connectivity index (χ2v) is 3.52. The Bertz CT molecular complexity index is 256. The van der Waals surface area contributed by atoms with Crippen LogP contribution in [0.25, 0.3) is 0 Å². The normalized spacial score (nSPS) is 10.8. The van der Waals surface area contributed by atoms with Crippen molar-refractivity contribution in [3.63, 3.8) is 0 Å². The molecule has 0 radical (unpaired) electrons. The summed E-state index contributed by atoms with van der Waals surface area (Å²) >= 11 is 0. The molecule has 0 spiro atoms. The van der Waals surface area contributed by atoms with Crippen LogP contribution >= 0.6 is 0 Å². The van der Waals surface area contributed by atoms with E-state index in [0.29, 0.717) is 5.92 Å². The van der Waals surface area contributed by atoms with E-state index in [1.807, 2.05) is 6.20 Å². The second-order valence-electron chi connectivity index (χ2n) is 3.52. The van der Waals surface area contributed by atoms with Gasteiger partial charge in [-0.25, -0.2) is 0 Å². The van der Waals surface area contributed by atoms with E-state index in [1.54, 1.807) is 0 Å². The van der Waals surface area contributed by atoms with Crippen molar-refractivity contribution < 1.29 is 0 Å².